The molecule has 2 N–H and O–H groups in total. The fraction of sp³-hybridized carbons (Fsp3) is 0.0833. The van der Waals surface area contributed by atoms with E-state index in [1.54, 1.807) is 0 Å². The number of rotatable bonds is 2. The van der Waals surface area contributed by atoms with Crippen molar-refractivity contribution in [1.29, 1.82) is 0 Å². The van der Waals surface area contributed by atoms with Crippen LogP contribution in [0.2, 0.25) is 0 Å². The summed E-state index contributed by atoms with van der Waals surface area (Å²) < 4.78 is 18.3. The normalized spacial score (nSPS) is 10.2. The van der Waals surface area contributed by atoms with Crippen LogP contribution in [0.3, 0.4) is 0 Å². The Morgan fingerprint density at radius 1 is 1.37 bits per heavy atom. The molecule has 98 valence electrons. The van der Waals surface area contributed by atoms with Gasteiger partial charge >= 0.3 is 17.2 Å². The summed E-state index contributed by atoms with van der Waals surface area (Å²) in [4.78, 5) is 23.1. The van der Waals surface area contributed by atoms with Crippen LogP contribution in [-0.4, -0.2) is 22.9 Å². The number of aromatic hydroxyl groups is 1. The first-order valence-electron chi connectivity index (χ1n) is 5.25. The zero-order chi connectivity index (χ0) is 14.0. The monoisotopic (exact) mass is 265 g/mol. The van der Waals surface area contributed by atoms with E-state index in [0.717, 1.165) is 17.9 Å². The summed E-state index contributed by atoms with van der Waals surface area (Å²) in [5.41, 5.74) is -0.556. The molecule has 0 amide bonds. The zero-order valence-electron chi connectivity index (χ0n) is 9.88. The highest BCUT2D eigenvalue weighted by atomic mass is 19.1. The molecule has 1 heterocycles. The number of hydrogen-bond acceptors (Lipinski definition) is 4. The predicted molar refractivity (Wildman–Crippen MR) is 61.6 cm³/mol. The van der Waals surface area contributed by atoms with E-state index in [9.17, 15) is 19.1 Å². The Hall–Kier alpha value is -2.70. The van der Waals surface area contributed by atoms with Crippen molar-refractivity contribution in [3.63, 3.8) is 0 Å². The number of carbonyl (C=O) groups is 1. The Morgan fingerprint density at radius 2 is 2.00 bits per heavy atom. The van der Waals surface area contributed by atoms with Crippen molar-refractivity contribution in [1.82, 2.24) is 4.68 Å². The van der Waals surface area contributed by atoms with Crippen molar-refractivity contribution in [2.75, 3.05) is 7.11 Å². The third kappa shape index (κ3) is 2.44. The highest BCUT2D eigenvalue weighted by Gasteiger charge is 2.23. The molecule has 0 saturated carbocycles. The second-order valence-electron chi connectivity index (χ2n) is 3.66. The van der Waals surface area contributed by atoms with Gasteiger partial charge < -0.3 is 9.84 Å². The third-order valence-corrected chi connectivity index (χ3v) is 2.43. The van der Waals surface area contributed by atoms with Crippen molar-refractivity contribution in [3.8, 4) is 11.4 Å². The summed E-state index contributed by atoms with van der Waals surface area (Å²) >= 11 is 0. The molecule has 0 atom stereocenters. The van der Waals surface area contributed by atoms with Gasteiger partial charge in [0.15, 0.2) is 0 Å². The number of halogens is 1. The second kappa shape index (κ2) is 4.89. The summed E-state index contributed by atoms with van der Waals surface area (Å²) in [5, 5.41) is 11.9. The molecule has 19 heavy (non-hydrogen) atoms. The minimum Gasteiger partial charge on any atom is -0.502 e. The lowest BCUT2D eigenvalue weighted by Crippen LogP contribution is -2.37. The molecule has 1 aromatic heterocycles. The zero-order valence-corrected chi connectivity index (χ0v) is 9.88. The largest absolute Gasteiger partial charge is 0.502 e. The average Bonchev–Trinajstić information content (AvgIpc) is 2.39. The number of carbonyl (C=O) groups excluding carboxylic acids is 1. The standard InChI is InChI=1S/C12H9FN2O4/c1-19-12(18)11-9(16)6-10(17)15(14-11)8-4-2-7(13)3-5-8/h2-6,16H,1H3/p+1. The molecule has 2 rings (SSSR count). The molecular formula is C12H10FN2O4+. The number of nitrogens with one attached hydrogen (secondary N) is 1. The summed E-state index contributed by atoms with van der Waals surface area (Å²) in [7, 11) is 1.14. The van der Waals surface area contributed by atoms with Gasteiger partial charge in [-0.1, -0.05) is 4.68 Å². The van der Waals surface area contributed by atoms with E-state index in [-0.39, 0.29) is 5.69 Å². The molecule has 1 aromatic carbocycles. The molecule has 0 spiro atoms. The summed E-state index contributed by atoms with van der Waals surface area (Å²) in [6.07, 6.45) is 0. The lowest BCUT2D eigenvalue weighted by atomic mass is 10.3. The van der Waals surface area contributed by atoms with Crippen LogP contribution in [-0.2, 0) is 4.74 Å². The van der Waals surface area contributed by atoms with E-state index in [1.165, 1.54) is 24.3 Å². The van der Waals surface area contributed by atoms with E-state index in [0.29, 0.717) is 5.69 Å². The third-order valence-electron chi connectivity index (χ3n) is 2.43. The van der Waals surface area contributed by atoms with E-state index in [1.807, 2.05) is 0 Å². The minimum atomic E-state index is -0.826. The highest BCUT2D eigenvalue weighted by Crippen LogP contribution is 2.10. The Balaban J connectivity index is 2.60. The summed E-state index contributed by atoms with van der Waals surface area (Å²) in [6.45, 7) is 0. The molecule has 0 aliphatic heterocycles. The number of hydrogen-bond donors (Lipinski definition) is 1. The molecule has 0 saturated heterocycles. The van der Waals surface area contributed by atoms with Gasteiger partial charge in [0.2, 0.25) is 5.75 Å². The number of nitrogens with zero attached hydrogens (tertiary/aromatic N) is 1. The lowest BCUT2D eigenvalue weighted by Gasteiger charge is -2.01. The number of esters is 1. The van der Waals surface area contributed by atoms with Crippen LogP contribution in [0.4, 0.5) is 4.39 Å². The fourth-order valence-corrected chi connectivity index (χ4v) is 1.51. The van der Waals surface area contributed by atoms with Gasteiger partial charge in [-0.2, -0.15) is 0 Å². The topological polar surface area (TPSA) is 82.7 Å². The average molecular weight is 265 g/mol. The molecular weight excluding hydrogens is 255 g/mol. The highest BCUT2D eigenvalue weighted by molar-refractivity contribution is 5.88. The van der Waals surface area contributed by atoms with E-state index in [4.69, 9.17) is 0 Å². The van der Waals surface area contributed by atoms with E-state index >= 15 is 0 Å². The predicted octanol–water partition coefficient (Wildman–Crippen LogP) is 0.283. The van der Waals surface area contributed by atoms with Crippen LogP contribution in [0, 0.1) is 5.82 Å². The Morgan fingerprint density at radius 3 is 2.58 bits per heavy atom. The Labute approximate surface area is 106 Å². The molecule has 0 bridgehead atoms. The van der Waals surface area contributed by atoms with E-state index in [2.05, 4.69) is 9.84 Å². The van der Waals surface area contributed by atoms with Crippen molar-refractivity contribution in [3.05, 3.63) is 52.2 Å². The smallest absolute Gasteiger partial charge is 0.409 e. The van der Waals surface area contributed by atoms with Crippen molar-refractivity contribution in [2.45, 2.75) is 0 Å². The molecule has 0 unspecified atom stereocenters. The summed E-state index contributed by atoms with van der Waals surface area (Å²) in [6, 6.07) is 5.91. The maximum absolute atomic E-state index is 12.8. The van der Waals surface area contributed by atoms with Gasteiger partial charge in [0.25, 0.3) is 0 Å². The fourth-order valence-electron chi connectivity index (χ4n) is 1.51. The van der Waals surface area contributed by atoms with Gasteiger partial charge in [-0.15, -0.1) is 5.10 Å². The molecule has 6 nitrogen and oxygen atoms in total. The summed E-state index contributed by atoms with van der Waals surface area (Å²) in [5.74, 6) is -1.80. The number of aromatic amines is 1. The molecule has 7 heteroatoms. The number of methoxy groups -OCH3 is 1. The van der Waals surface area contributed by atoms with Crippen molar-refractivity contribution >= 4 is 5.97 Å². The first-order chi connectivity index (χ1) is 9.02. The molecule has 0 fully saturated rings. The number of H-pyrrole nitrogens is 1. The van der Waals surface area contributed by atoms with Gasteiger partial charge in [-0.25, -0.2) is 9.18 Å². The van der Waals surface area contributed by atoms with Gasteiger partial charge in [0.1, 0.15) is 11.5 Å². The Bertz CT molecular complexity index is 679. The van der Waals surface area contributed by atoms with Crippen LogP contribution in [0.1, 0.15) is 10.5 Å². The number of ether oxygens (including phenoxy) is 1. The van der Waals surface area contributed by atoms with Crippen LogP contribution < -0.4 is 10.7 Å². The molecule has 2 aromatic rings. The van der Waals surface area contributed by atoms with Crippen LogP contribution in [0.5, 0.6) is 5.75 Å². The quantitative estimate of drug-likeness (QED) is 0.791. The molecule has 0 aliphatic carbocycles. The van der Waals surface area contributed by atoms with Crippen molar-refractivity contribution < 1.29 is 24.1 Å². The number of aromatic nitrogens is 2. The maximum atomic E-state index is 12.8. The first-order valence-corrected chi connectivity index (χ1v) is 5.25. The second-order valence-corrected chi connectivity index (χ2v) is 3.66. The van der Waals surface area contributed by atoms with Gasteiger partial charge in [-0.3, -0.25) is 4.79 Å². The lowest BCUT2D eigenvalue weighted by molar-refractivity contribution is -0.487. The van der Waals surface area contributed by atoms with E-state index < -0.39 is 23.1 Å². The van der Waals surface area contributed by atoms with Gasteiger partial charge in [-0.05, 0) is 24.3 Å². The van der Waals surface area contributed by atoms with Crippen molar-refractivity contribution in [2.24, 2.45) is 0 Å². The number of benzene rings is 1. The van der Waals surface area contributed by atoms with Crippen LogP contribution in [0.25, 0.3) is 5.69 Å². The van der Waals surface area contributed by atoms with Crippen LogP contribution >= 0.6 is 0 Å². The molecule has 0 aliphatic rings. The minimum absolute atomic E-state index is 0.272. The Kier molecular flexibility index (Phi) is 3.28. The van der Waals surface area contributed by atoms with Gasteiger partial charge in [0, 0.05) is 0 Å². The van der Waals surface area contributed by atoms with Gasteiger partial charge in [0.05, 0.1) is 13.2 Å². The SMILES string of the molecule is COC(=O)c1[nH+]n(-c2ccc(F)cc2)c(=O)cc1O. The van der Waals surface area contributed by atoms with Crippen LogP contribution in [0.15, 0.2) is 35.1 Å². The first kappa shape index (κ1) is 12.7. The molecule has 0 radical (unpaired) electrons. The maximum Gasteiger partial charge on any atom is 0.409 e.